The molecule has 166 valence electrons. The average molecular weight is 517 g/mol. The number of rotatable bonds is 4. The first-order chi connectivity index (χ1) is 14.6. The third kappa shape index (κ3) is 3.98. The highest BCUT2D eigenvalue weighted by atomic mass is 79.9. The molecule has 0 fully saturated rings. The number of aryl methyl sites for hydroxylation is 2. The number of amides is 1. The number of aromatic nitrogens is 4. The fourth-order valence-corrected chi connectivity index (χ4v) is 5.08. The predicted molar refractivity (Wildman–Crippen MR) is 114 cm³/mol. The van der Waals surface area contributed by atoms with Gasteiger partial charge in [0.1, 0.15) is 5.82 Å². The molecule has 0 saturated heterocycles. The van der Waals surface area contributed by atoms with Crippen molar-refractivity contribution >= 4 is 39.0 Å². The molecule has 0 radical (unpaired) electrons. The molecule has 0 spiro atoms. The SMILES string of the molecule is Cc1nn(C)c(C)c1CNC(=O)c1nn2c(c1Br)N[C@@H](c1cccs1)C[C@@H]2C(F)(F)F. The normalized spacial score (nSPS) is 18.5. The van der Waals surface area contributed by atoms with Crippen LogP contribution < -0.4 is 10.6 Å². The Kier molecular flexibility index (Phi) is 5.63. The van der Waals surface area contributed by atoms with E-state index in [1.807, 2.05) is 19.2 Å². The molecule has 1 aliphatic heterocycles. The first-order valence-corrected chi connectivity index (χ1v) is 11.2. The Balaban J connectivity index is 1.63. The third-order valence-corrected chi connectivity index (χ3v) is 7.22. The van der Waals surface area contributed by atoms with Crippen molar-refractivity contribution < 1.29 is 18.0 Å². The van der Waals surface area contributed by atoms with Gasteiger partial charge in [-0.2, -0.15) is 23.4 Å². The van der Waals surface area contributed by atoms with Crippen LogP contribution in [0.15, 0.2) is 22.0 Å². The Labute approximate surface area is 188 Å². The number of anilines is 1. The lowest BCUT2D eigenvalue weighted by molar-refractivity contribution is -0.173. The molecule has 2 atom stereocenters. The molecule has 0 aromatic carbocycles. The summed E-state index contributed by atoms with van der Waals surface area (Å²) in [6.07, 6.45) is -4.71. The molecule has 4 rings (SSSR count). The topological polar surface area (TPSA) is 76.8 Å². The summed E-state index contributed by atoms with van der Waals surface area (Å²) in [5.41, 5.74) is 2.45. The van der Waals surface area contributed by atoms with Crippen molar-refractivity contribution in [3.8, 4) is 0 Å². The summed E-state index contributed by atoms with van der Waals surface area (Å²) in [5, 5.41) is 16.0. The van der Waals surface area contributed by atoms with Crippen LogP contribution in [0, 0.1) is 13.8 Å². The third-order valence-electron chi connectivity index (χ3n) is 5.48. The van der Waals surface area contributed by atoms with Crippen LogP contribution in [0.25, 0.3) is 0 Å². The number of fused-ring (bicyclic) bond motifs is 1. The maximum Gasteiger partial charge on any atom is 0.410 e. The van der Waals surface area contributed by atoms with E-state index >= 15 is 0 Å². The van der Waals surface area contributed by atoms with Crippen LogP contribution in [0.5, 0.6) is 0 Å². The zero-order valence-corrected chi connectivity index (χ0v) is 19.3. The molecule has 0 bridgehead atoms. The van der Waals surface area contributed by atoms with Crippen molar-refractivity contribution in [3.05, 3.63) is 49.5 Å². The van der Waals surface area contributed by atoms with Crippen LogP contribution in [-0.4, -0.2) is 31.6 Å². The molecule has 7 nitrogen and oxygen atoms in total. The number of carbonyl (C=O) groups excluding carboxylic acids is 1. The number of carbonyl (C=O) groups is 1. The van der Waals surface area contributed by atoms with Crippen LogP contribution in [0.1, 0.15) is 50.8 Å². The Morgan fingerprint density at radius 1 is 1.39 bits per heavy atom. The summed E-state index contributed by atoms with van der Waals surface area (Å²) in [6.45, 7) is 3.92. The van der Waals surface area contributed by atoms with Gasteiger partial charge in [-0.25, -0.2) is 4.68 Å². The number of halogens is 4. The van der Waals surface area contributed by atoms with Gasteiger partial charge >= 0.3 is 6.18 Å². The lowest BCUT2D eigenvalue weighted by Crippen LogP contribution is -2.35. The number of thiophene rings is 1. The first-order valence-electron chi connectivity index (χ1n) is 9.49. The standard InChI is InChI=1S/C19H20BrF3N6OS/c1-9-11(10(2)28(3)26-9)8-24-18(30)16-15(20)17-25-12(13-5-4-6-31-13)7-14(19(21,22)23)29(17)27-16/h4-6,12,14,25H,7-8H2,1-3H3,(H,24,30)/t12-,14-/m1/s1. The van der Waals surface area contributed by atoms with Gasteiger partial charge in [0.05, 0.1) is 16.2 Å². The van der Waals surface area contributed by atoms with Crippen molar-refractivity contribution in [3.63, 3.8) is 0 Å². The number of hydrogen-bond donors (Lipinski definition) is 2. The summed E-state index contributed by atoms with van der Waals surface area (Å²) in [5.74, 6) is -0.419. The highest BCUT2D eigenvalue weighted by Gasteiger charge is 2.48. The fourth-order valence-electron chi connectivity index (χ4n) is 3.74. The van der Waals surface area contributed by atoms with Gasteiger partial charge < -0.3 is 10.6 Å². The molecule has 0 saturated carbocycles. The second kappa shape index (κ2) is 7.97. The summed E-state index contributed by atoms with van der Waals surface area (Å²) in [7, 11) is 1.81. The summed E-state index contributed by atoms with van der Waals surface area (Å²) >= 11 is 4.68. The second-order valence-electron chi connectivity index (χ2n) is 7.42. The zero-order chi connectivity index (χ0) is 22.5. The quantitative estimate of drug-likeness (QED) is 0.529. The Morgan fingerprint density at radius 2 is 2.13 bits per heavy atom. The number of nitrogens with zero attached hydrogens (tertiary/aromatic N) is 4. The molecular formula is C19H20BrF3N6OS. The van der Waals surface area contributed by atoms with E-state index < -0.39 is 24.2 Å². The van der Waals surface area contributed by atoms with Gasteiger partial charge in [-0.15, -0.1) is 11.3 Å². The summed E-state index contributed by atoms with van der Waals surface area (Å²) < 4.78 is 44.3. The highest BCUT2D eigenvalue weighted by Crippen LogP contribution is 2.46. The minimum atomic E-state index is -4.50. The van der Waals surface area contributed by atoms with Crippen molar-refractivity contribution in [1.82, 2.24) is 24.9 Å². The average Bonchev–Trinajstić information content (AvgIpc) is 3.40. The number of alkyl halides is 3. The molecule has 3 aromatic rings. The first kappa shape index (κ1) is 21.9. The van der Waals surface area contributed by atoms with Crippen molar-refractivity contribution in [2.45, 2.75) is 45.1 Å². The smallest absolute Gasteiger partial charge is 0.362 e. The predicted octanol–water partition coefficient (Wildman–Crippen LogP) is 4.65. The zero-order valence-electron chi connectivity index (χ0n) is 16.9. The number of nitrogens with one attached hydrogen (secondary N) is 2. The molecule has 4 heterocycles. The lowest BCUT2D eigenvalue weighted by Gasteiger charge is -2.33. The molecule has 1 aliphatic rings. The van der Waals surface area contributed by atoms with Crippen LogP contribution in [0.2, 0.25) is 0 Å². The maximum absolute atomic E-state index is 13.8. The molecule has 3 aromatic heterocycles. The van der Waals surface area contributed by atoms with Crippen LogP contribution in [0.3, 0.4) is 0 Å². The van der Waals surface area contributed by atoms with Gasteiger partial charge in [0.25, 0.3) is 5.91 Å². The van der Waals surface area contributed by atoms with Crippen molar-refractivity contribution in [2.75, 3.05) is 5.32 Å². The minimum absolute atomic E-state index is 0.0947. The molecule has 31 heavy (non-hydrogen) atoms. The van der Waals surface area contributed by atoms with E-state index in [9.17, 15) is 18.0 Å². The fraction of sp³-hybridized carbons (Fsp3) is 0.421. The molecule has 0 unspecified atom stereocenters. The molecule has 2 N–H and O–H groups in total. The molecule has 12 heteroatoms. The van der Waals surface area contributed by atoms with Crippen molar-refractivity contribution in [2.24, 2.45) is 7.05 Å². The Hall–Kier alpha value is -2.34. The van der Waals surface area contributed by atoms with E-state index in [2.05, 4.69) is 36.8 Å². The Bertz CT molecular complexity index is 1120. The van der Waals surface area contributed by atoms with Crippen LogP contribution >= 0.6 is 27.3 Å². The molecule has 0 aliphatic carbocycles. The van der Waals surface area contributed by atoms with E-state index in [1.165, 1.54) is 11.3 Å². The summed E-state index contributed by atoms with van der Waals surface area (Å²) in [4.78, 5) is 13.6. The molecule has 1 amide bonds. The minimum Gasteiger partial charge on any atom is -0.362 e. The van der Waals surface area contributed by atoms with Crippen molar-refractivity contribution in [1.29, 1.82) is 0 Å². The molecular weight excluding hydrogens is 497 g/mol. The van der Waals surface area contributed by atoms with E-state index in [0.29, 0.717) is 0 Å². The van der Waals surface area contributed by atoms with Gasteiger partial charge in [-0.05, 0) is 41.2 Å². The van der Waals surface area contributed by atoms with E-state index in [0.717, 1.165) is 26.5 Å². The van der Waals surface area contributed by atoms with E-state index in [1.54, 1.807) is 23.9 Å². The monoisotopic (exact) mass is 516 g/mol. The second-order valence-corrected chi connectivity index (χ2v) is 9.19. The van der Waals surface area contributed by atoms with E-state index in [4.69, 9.17) is 0 Å². The van der Waals surface area contributed by atoms with Crippen LogP contribution in [0.4, 0.5) is 19.0 Å². The van der Waals surface area contributed by atoms with Gasteiger partial charge in [-0.1, -0.05) is 6.07 Å². The van der Waals surface area contributed by atoms with Gasteiger partial charge in [0.15, 0.2) is 11.7 Å². The summed E-state index contributed by atoms with van der Waals surface area (Å²) in [6, 6.07) is 1.23. The number of hydrogen-bond acceptors (Lipinski definition) is 5. The lowest BCUT2D eigenvalue weighted by atomic mass is 10.0. The van der Waals surface area contributed by atoms with Crippen LogP contribution in [-0.2, 0) is 13.6 Å². The Morgan fingerprint density at radius 3 is 2.71 bits per heavy atom. The van der Waals surface area contributed by atoms with Gasteiger partial charge in [-0.3, -0.25) is 9.48 Å². The maximum atomic E-state index is 13.8. The van der Waals surface area contributed by atoms with Gasteiger partial charge in [0.2, 0.25) is 0 Å². The van der Waals surface area contributed by atoms with E-state index in [-0.39, 0.29) is 29.0 Å². The largest absolute Gasteiger partial charge is 0.410 e. The highest BCUT2D eigenvalue weighted by molar-refractivity contribution is 9.10. The van der Waals surface area contributed by atoms with Gasteiger partial charge in [0, 0.05) is 36.1 Å².